The van der Waals surface area contributed by atoms with Crippen LogP contribution in [0.3, 0.4) is 0 Å². The second kappa shape index (κ2) is 5.63. The van der Waals surface area contributed by atoms with Gasteiger partial charge in [0.05, 0.1) is 6.07 Å². The van der Waals surface area contributed by atoms with Crippen LogP contribution in [0.25, 0.3) is 0 Å². The molecule has 0 aliphatic rings. The highest BCUT2D eigenvalue weighted by Gasteiger charge is 2.27. The van der Waals surface area contributed by atoms with Crippen LogP contribution >= 0.6 is 0 Å². The van der Waals surface area contributed by atoms with E-state index >= 15 is 0 Å². The Kier molecular flexibility index (Phi) is 4.45. The lowest BCUT2D eigenvalue weighted by Crippen LogP contribution is -2.23. The molecule has 2 unspecified atom stereocenters. The highest BCUT2D eigenvalue weighted by molar-refractivity contribution is 5.90. The number of ketones is 1. The molecule has 0 aliphatic carbocycles. The van der Waals surface area contributed by atoms with Gasteiger partial charge in [0.15, 0.2) is 5.78 Å². The lowest BCUT2D eigenvalue weighted by molar-refractivity contribution is -0.123. The molecule has 0 spiro atoms. The zero-order valence-electron chi connectivity index (χ0n) is 10.9. The number of nitriles is 1. The predicted molar refractivity (Wildman–Crippen MR) is 68.5 cm³/mol. The molecule has 0 amide bonds. The summed E-state index contributed by atoms with van der Waals surface area (Å²) in [6.07, 6.45) is 0. The molecule has 0 radical (unpaired) electrons. The minimum Gasteiger partial charge on any atom is -0.298 e. The van der Waals surface area contributed by atoms with Gasteiger partial charge in [-0.3, -0.25) is 4.79 Å². The van der Waals surface area contributed by atoms with Crippen LogP contribution in [0.1, 0.15) is 37.8 Å². The summed E-state index contributed by atoms with van der Waals surface area (Å²) in [4.78, 5) is 12.2. The topological polar surface area (TPSA) is 40.9 Å². The number of Topliss-reactive ketones (excluding diaryl/α,β-unsaturated/α-hetero) is 1. The Balaban J connectivity index is 3.06. The number of benzene rings is 1. The van der Waals surface area contributed by atoms with Gasteiger partial charge < -0.3 is 0 Å². The van der Waals surface area contributed by atoms with Crippen LogP contribution in [-0.4, -0.2) is 5.78 Å². The fourth-order valence-electron chi connectivity index (χ4n) is 1.79. The van der Waals surface area contributed by atoms with E-state index in [0.717, 1.165) is 11.1 Å². The van der Waals surface area contributed by atoms with Crippen molar-refractivity contribution in [2.75, 3.05) is 0 Å². The first kappa shape index (κ1) is 13.4. The summed E-state index contributed by atoms with van der Waals surface area (Å²) < 4.78 is 0. The van der Waals surface area contributed by atoms with Crippen molar-refractivity contribution in [3.05, 3.63) is 35.4 Å². The zero-order valence-corrected chi connectivity index (χ0v) is 10.9. The molecule has 0 saturated carbocycles. The van der Waals surface area contributed by atoms with Crippen molar-refractivity contribution in [1.29, 1.82) is 5.26 Å². The van der Waals surface area contributed by atoms with Gasteiger partial charge in [-0.25, -0.2) is 0 Å². The minimum absolute atomic E-state index is 0.0248. The number of hydrogen-bond acceptors (Lipinski definition) is 2. The van der Waals surface area contributed by atoms with Crippen LogP contribution in [0.15, 0.2) is 24.3 Å². The smallest absolute Gasteiger partial charge is 0.157 e. The van der Waals surface area contributed by atoms with Crippen LogP contribution in [0.5, 0.6) is 0 Å². The number of carbonyl (C=O) groups excluding carboxylic acids is 1. The third-order valence-electron chi connectivity index (χ3n) is 3.36. The van der Waals surface area contributed by atoms with E-state index in [9.17, 15) is 10.1 Å². The predicted octanol–water partition coefficient (Wildman–Crippen LogP) is 3.46. The van der Waals surface area contributed by atoms with Gasteiger partial charge in [0.25, 0.3) is 0 Å². The quantitative estimate of drug-likeness (QED) is 0.793. The summed E-state index contributed by atoms with van der Waals surface area (Å²) in [6, 6.07) is 9.75. The third kappa shape index (κ3) is 2.94. The molecule has 0 aliphatic heterocycles. The molecule has 1 aromatic rings. The van der Waals surface area contributed by atoms with E-state index in [2.05, 4.69) is 6.07 Å². The molecule has 2 atom stereocenters. The molecule has 2 heteroatoms. The maximum absolute atomic E-state index is 12.2. The Bertz CT molecular complexity index is 442. The summed E-state index contributed by atoms with van der Waals surface area (Å²) in [6.45, 7) is 7.85. The molecule has 0 aromatic heterocycles. The average molecular weight is 229 g/mol. The maximum atomic E-state index is 12.2. The van der Waals surface area contributed by atoms with E-state index in [0.29, 0.717) is 0 Å². The second-order valence-corrected chi connectivity index (χ2v) is 4.85. The largest absolute Gasteiger partial charge is 0.298 e. The summed E-state index contributed by atoms with van der Waals surface area (Å²) in [5, 5.41) is 9.23. The molecular formula is C15H19NO. The number of nitrogens with zero attached hydrogens (tertiary/aromatic N) is 1. The first-order valence-electron chi connectivity index (χ1n) is 5.98. The van der Waals surface area contributed by atoms with Crippen molar-refractivity contribution < 1.29 is 4.79 Å². The molecular weight excluding hydrogens is 210 g/mol. The number of hydrogen-bond donors (Lipinski definition) is 0. The Morgan fingerprint density at radius 1 is 1.24 bits per heavy atom. The van der Waals surface area contributed by atoms with Crippen molar-refractivity contribution in [1.82, 2.24) is 0 Å². The fraction of sp³-hybridized carbons (Fsp3) is 0.467. The van der Waals surface area contributed by atoms with Gasteiger partial charge in [-0.2, -0.15) is 5.26 Å². The van der Waals surface area contributed by atoms with Crippen LogP contribution in [0.2, 0.25) is 0 Å². The number of aryl methyl sites for hydroxylation is 1. The Labute approximate surface area is 103 Å². The Morgan fingerprint density at radius 2 is 1.82 bits per heavy atom. The average Bonchev–Trinajstić information content (AvgIpc) is 2.31. The molecule has 17 heavy (non-hydrogen) atoms. The van der Waals surface area contributed by atoms with Crippen molar-refractivity contribution in [3.8, 4) is 6.07 Å². The molecule has 1 aromatic carbocycles. The van der Waals surface area contributed by atoms with Gasteiger partial charge in [-0.15, -0.1) is 0 Å². The normalized spacial score (nSPS) is 14.1. The van der Waals surface area contributed by atoms with Crippen molar-refractivity contribution in [2.45, 2.75) is 33.6 Å². The maximum Gasteiger partial charge on any atom is 0.157 e. The first-order chi connectivity index (χ1) is 7.99. The van der Waals surface area contributed by atoms with E-state index in [4.69, 9.17) is 0 Å². The molecule has 1 rings (SSSR count). The first-order valence-corrected chi connectivity index (χ1v) is 5.98. The number of carbonyl (C=O) groups is 1. The Morgan fingerprint density at radius 3 is 2.29 bits per heavy atom. The van der Waals surface area contributed by atoms with Gasteiger partial charge in [0.1, 0.15) is 5.92 Å². The molecule has 0 N–H and O–H groups in total. The van der Waals surface area contributed by atoms with Crippen LogP contribution in [0.4, 0.5) is 0 Å². The summed E-state index contributed by atoms with van der Waals surface area (Å²) in [5.74, 6) is -0.424. The molecule has 2 nitrogen and oxygen atoms in total. The third-order valence-corrected chi connectivity index (χ3v) is 3.36. The van der Waals surface area contributed by atoms with E-state index in [1.54, 1.807) is 0 Å². The van der Waals surface area contributed by atoms with Gasteiger partial charge >= 0.3 is 0 Å². The highest BCUT2D eigenvalue weighted by atomic mass is 16.1. The monoisotopic (exact) mass is 229 g/mol. The second-order valence-electron chi connectivity index (χ2n) is 4.85. The van der Waals surface area contributed by atoms with E-state index in [-0.39, 0.29) is 17.6 Å². The van der Waals surface area contributed by atoms with Crippen LogP contribution in [0, 0.1) is 30.1 Å². The number of rotatable bonds is 4. The minimum atomic E-state index is -0.631. The van der Waals surface area contributed by atoms with Crippen LogP contribution < -0.4 is 0 Å². The lowest BCUT2D eigenvalue weighted by Gasteiger charge is -2.18. The highest BCUT2D eigenvalue weighted by Crippen LogP contribution is 2.25. The molecule has 90 valence electrons. The van der Waals surface area contributed by atoms with Gasteiger partial charge in [0, 0.05) is 5.92 Å². The molecule has 0 fully saturated rings. The summed E-state index contributed by atoms with van der Waals surface area (Å²) in [7, 11) is 0. The van der Waals surface area contributed by atoms with Crippen molar-refractivity contribution in [2.24, 2.45) is 11.8 Å². The van der Waals surface area contributed by atoms with Crippen molar-refractivity contribution in [3.63, 3.8) is 0 Å². The van der Waals surface area contributed by atoms with E-state index in [1.165, 1.54) is 0 Å². The molecule has 0 heterocycles. The molecule has 0 saturated heterocycles. The fourth-order valence-corrected chi connectivity index (χ4v) is 1.79. The summed E-state index contributed by atoms with van der Waals surface area (Å²) >= 11 is 0. The van der Waals surface area contributed by atoms with Gasteiger partial charge in [-0.1, -0.05) is 45.0 Å². The van der Waals surface area contributed by atoms with Gasteiger partial charge in [-0.05, 0) is 24.0 Å². The molecule has 0 bridgehead atoms. The van der Waals surface area contributed by atoms with Crippen LogP contribution in [-0.2, 0) is 4.79 Å². The van der Waals surface area contributed by atoms with E-state index < -0.39 is 5.92 Å². The van der Waals surface area contributed by atoms with E-state index in [1.807, 2.05) is 52.0 Å². The SMILES string of the molecule is Cc1ccccc1C(C#N)C(=O)C(C)C(C)C. The lowest BCUT2D eigenvalue weighted by atomic mass is 9.82. The zero-order chi connectivity index (χ0) is 13.0. The Hall–Kier alpha value is -1.62. The van der Waals surface area contributed by atoms with Gasteiger partial charge in [0.2, 0.25) is 0 Å². The summed E-state index contributed by atoms with van der Waals surface area (Å²) in [5.41, 5.74) is 1.84. The standard InChI is InChI=1S/C15H19NO/c1-10(2)12(4)15(17)14(9-16)13-8-6-5-7-11(13)3/h5-8,10,12,14H,1-4H3. The van der Waals surface area contributed by atoms with Crippen molar-refractivity contribution >= 4 is 5.78 Å².